The van der Waals surface area contributed by atoms with E-state index < -0.39 is 0 Å². The van der Waals surface area contributed by atoms with E-state index in [1.165, 1.54) is 6.33 Å². The maximum atomic E-state index is 12.8. The van der Waals surface area contributed by atoms with E-state index in [9.17, 15) is 4.79 Å². The molecule has 0 saturated heterocycles. The molecule has 0 fully saturated rings. The van der Waals surface area contributed by atoms with Crippen molar-refractivity contribution in [2.24, 2.45) is 0 Å². The Morgan fingerprint density at radius 1 is 1.26 bits per heavy atom. The van der Waals surface area contributed by atoms with Gasteiger partial charge in [0.2, 0.25) is 0 Å². The number of hydrogen-bond donors (Lipinski definition) is 3. The molecule has 0 amide bonds. The van der Waals surface area contributed by atoms with E-state index in [0.717, 1.165) is 26.7 Å². The van der Waals surface area contributed by atoms with Crippen molar-refractivity contribution in [2.75, 3.05) is 11.9 Å². The zero-order valence-corrected chi connectivity index (χ0v) is 18.8. The number of halogens is 2. The maximum absolute atomic E-state index is 12.8. The van der Waals surface area contributed by atoms with Gasteiger partial charge in [-0.1, -0.05) is 39.7 Å². The first-order chi connectivity index (χ1) is 15.0. The molecular weight excluding hydrogens is 480 g/mol. The number of rotatable bonds is 5. The molecule has 0 bridgehead atoms. The molecule has 5 rings (SSSR count). The van der Waals surface area contributed by atoms with Crippen LogP contribution in [0.3, 0.4) is 0 Å². The number of hydrogen-bond acceptors (Lipinski definition) is 6. The number of H-pyrrole nitrogens is 1. The maximum Gasteiger partial charge on any atom is 0.185 e. The first-order valence-corrected chi connectivity index (χ1v) is 11.0. The van der Waals surface area contributed by atoms with E-state index >= 15 is 0 Å². The van der Waals surface area contributed by atoms with E-state index in [2.05, 4.69) is 46.5 Å². The van der Waals surface area contributed by atoms with Crippen LogP contribution in [0.1, 0.15) is 29.1 Å². The molecule has 2 atom stereocenters. The molecule has 0 spiro atoms. The Bertz CT molecular complexity index is 1350. The van der Waals surface area contributed by atoms with Crippen LogP contribution >= 0.6 is 27.5 Å². The Morgan fingerprint density at radius 2 is 2.13 bits per heavy atom. The van der Waals surface area contributed by atoms with Crippen LogP contribution in [0.15, 0.2) is 53.3 Å². The summed E-state index contributed by atoms with van der Waals surface area (Å²) in [5.41, 5.74) is 2.93. The molecule has 3 heterocycles. The van der Waals surface area contributed by atoms with Crippen molar-refractivity contribution in [1.29, 1.82) is 0 Å². The summed E-state index contributed by atoms with van der Waals surface area (Å²) in [4.78, 5) is 29.5. The van der Waals surface area contributed by atoms with Crippen molar-refractivity contribution in [3.63, 3.8) is 0 Å². The van der Waals surface area contributed by atoms with E-state index in [1.54, 1.807) is 12.1 Å². The van der Waals surface area contributed by atoms with Gasteiger partial charge in [0.1, 0.15) is 18.0 Å². The van der Waals surface area contributed by atoms with Gasteiger partial charge in [0.25, 0.3) is 0 Å². The Morgan fingerprint density at radius 3 is 2.94 bits per heavy atom. The van der Waals surface area contributed by atoms with Crippen LogP contribution in [0, 0.1) is 0 Å². The van der Waals surface area contributed by atoms with Gasteiger partial charge >= 0.3 is 0 Å². The van der Waals surface area contributed by atoms with Gasteiger partial charge in [-0.2, -0.15) is 0 Å². The van der Waals surface area contributed by atoms with Gasteiger partial charge in [-0.05, 0) is 37.3 Å². The summed E-state index contributed by atoms with van der Waals surface area (Å²) < 4.78 is 0.987. The molecule has 1 unspecified atom stereocenters. The highest BCUT2D eigenvalue weighted by molar-refractivity contribution is 9.10. The number of nitrogens with zero attached hydrogens (tertiary/aromatic N) is 3. The molecule has 4 aromatic rings. The smallest absolute Gasteiger partial charge is 0.185 e. The van der Waals surface area contributed by atoms with E-state index in [-0.39, 0.29) is 17.9 Å². The Kier molecular flexibility index (Phi) is 5.21. The lowest BCUT2D eigenvalue weighted by Crippen LogP contribution is -2.31. The first kappa shape index (κ1) is 20.1. The lowest BCUT2D eigenvalue weighted by atomic mass is 10.0. The number of Topliss-reactive ketones (excluding diaryl/α,β-unsaturated/α-hetero) is 1. The second kappa shape index (κ2) is 8.03. The number of anilines is 1. The van der Waals surface area contributed by atoms with Crippen LogP contribution in [0.4, 0.5) is 5.82 Å². The summed E-state index contributed by atoms with van der Waals surface area (Å²) in [5.74, 6) is 1.34. The third-order valence-corrected chi connectivity index (χ3v) is 6.09. The minimum absolute atomic E-state index is 0.0735. The molecule has 2 aromatic heterocycles. The normalized spacial score (nSPS) is 16.8. The molecule has 0 aliphatic carbocycles. The molecule has 1 aliphatic rings. The van der Waals surface area contributed by atoms with Crippen molar-refractivity contribution >= 4 is 61.1 Å². The van der Waals surface area contributed by atoms with Crippen molar-refractivity contribution in [2.45, 2.75) is 19.0 Å². The molecule has 0 radical (unpaired) electrons. The standard InChI is InChI=1S/C22H18BrClN6O/c1-11(21-29-16-5-4-12(23)7-19(16)30-21)28-22-14-8-15(24)13(9-18(14)26-10-27-22)20(31)17-3-2-6-25-17/h2-5,7-11,17,25H,6H2,1H3,(H,29,30)(H,26,27,28)/t11-,17?/m0/s1. The van der Waals surface area contributed by atoms with Gasteiger partial charge < -0.3 is 15.6 Å². The number of imidazole rings is 1. The second-order valence-electron chi connectivity index (χ2n) is 7.40. The molecule has 2 aromatic carbocycles. The highest BCUT2D eigenvalue weighted by atomic mass is 79.9. The third-order valence-electron chi connectivity index (χ3n) is 5.28. The average molecular weight is 498 g/mol. The molecule has 7 nitrogen and oxygen atoms in total. The van der Waals surface area contributed by atoms with Crippen molar-refractivity contribution < 1.29 is 4.79 Å². The Balaban J connectivity index is 1.47. The van der Waals surface area contributed by atoms with E-state index in [4.69, 9.17) is 11.6 Å². The number of nitrogens with one attached hydrogen (secondary N) is 3. The van der Waals surface area contributed by atoms with Crippen LogP contribution in [-0.4, -0.2) is 38.3 Å². The van der Waals surface area contributed by atoms with Crippen molar-refractivity contribution in [1.82, 2.24) is 25.3 Å². The fourth-order valence-electron chi connectivity index (χ4n) is 3.68. The summed E-state index contributed by atoms with van der Waals surface area (Å²) in [7, 11) is 0. The highest BCUT2D eigenvalue weighted by Gasteiger charge is 2.23. The van der Waals surface area contributed by atoms with Gasteiger partial charge in [-0.25, -0.2) is 15.0 Å². The SMILES string of the molecule is C[C@H](Nc1ncnc2cc(C(=O)C3C=CCN3)c(Cl)cc12)c1nc2ccc(Br)cc2[nH]1. The predicted molar refractivity (Wildman–Crippen MR) is 126 cm³/mol. The molecule has 31 heavy (non-hydrogen) atoms. The number of fused-ring (bicyclic) bond motifs is 2. The van der Waals surface area contributed by atoms with Crippen LogP contribution < -0.4 is 10.6 Å². The molecule has 3 N–H and O–H groups in total. The average Bonchev–Trinajstić information content (AvgIpc) is 3.43. The first-order valence-electron chi connectivity index (χ1n) is 9.80. The largest absolute Gasteiger partial charge is 0.360 e. The van der Waals surface area contributed by atoms with Crippen LogP contribution in [0.5, 0.6) is 0 Å². The van der Waals surface area contributed by atoms with E-state index in [1.807, 2.05) is 37.3 Å². The van der Waals surface area contributed by atoms with Gasteiger partial charge in [0.05, 0.1) is 33.7 Å². The lowest BCUT2D eigenvalue weighted by Gasteiger charge is -2.15. The molecular formula is C22H18BrClN6O. The Labute approximate surface area is 191 Å². The zero-order chi connectivity index (χ0) is 21.5. The fraction of sp³-hybridized carbons (Fsp3) is 0.182. The number of aromatic nitrogens is 4. The summed E-state index contributed by atoms with van der Waals surface area (Å²) in [5, 5.41) is 7.62. The molecule has 0 saturated carbocycles. The van der Waals surface area contributed by atoms with Crippen molar-refractivity contribution in [3.8, 4) is 0 Å². The monoisotopic (exact) mass is 496 g/mol. The summed E-state index contributed by atoms with van der Waals surface area (Å²) in [6.45, 7) is 2.67. The number of ketones is 1. The lowest BCUT2D eigenvalue weighted by molar-refractivity contribution is 0.0968. The summed E-state index contributed by atoms with van der Waals surface area (Å²) in [6.07, 6.45) is 5.26. The van der Waals surface area contributed by atoms with Gasteiger partial charge in [-0.3, -0.25) is 4.79 Å². The third kappa shape index (κ3) is 3.82. The topological polar surface area (TPSA) is 95.6 Å². The number of aromatic amines is 1. The van der Waals surface area contributed by atoms with Gasteiger partial charge in [0, 0.05) is 22.0 Å². The molecule has 9 heteroatoms. The molecule has 1 aliphatic heterocycles. The predicted octanol–water partition coefficient (Wildman–Crippen LogP) is 4.81. The number of benzene rings is 2. The second-order valence-corrected chi connectivity index (χ2v) is 8.72. The van der Waals surface area contributed by atoms with Crippen LogP contribution in [0.25, 0.3) is 21.9 Å². The zero-order valence-electron chi connectivity index (χ0n) is 16.5. The quantitative estimate of drug-likeness (QED) is 0.271. The van der Waals surface area contributed by atoms with Crippen LogP contribution in [0.2, 0.25) is 5.02 Å². The molecule has 156 valence electrons. The summed E-state index contributed by atoms with van der Waals surface area (Å²) in [6, 6.07) is 8.88. The number of carbonyl (C=O) groups excluding carboxylic acids is 1. The van der Waals surface area contributed by atoms with Gasteiger partial charge in [0.15, 0.2) is 5.78 Å². The van der Waals surface area contributed by atoms with Crippen LogP contribution in [-0.2, 0) is 0 Å². The number of carbonyl (C=O) groups is 1. The summed E-state index contributed by atoms with van der Waals surface area (Å²) >= 11 is 9.97. The van der Waals surface area contributed by atoms with Crippen molar-refractivity contribution in [3.05, 3.63) is 69.7 Å². The highest BCUT2D eigenvalue weighted by Crippen LogP contribution is 2.30. The minimum atomic E-state index is -0.359. The van der Waals surface area contributed by atoms with Gasteiger partial charge in [-0.15, -0.1) is 0 Å². The van der Waals surface area contributed by atoms with E-state index in [0.29, 0.717) is 28.5 Å². The minimum Gasteiger partial charge on any atom is -0.360 e. The fourth-order valence-corrected chi connectivity index (χ4v) is 4.29. The Hall–Kier alpha value is -2.81.